The zero-order valence-corrected chi connectivity index (χ0v) is 14.1. The van der Waals surface area contributed by atoms with Crippen LogP contribution in [0, 0.1) is 0 Å². The highest BCUT2D eigenvalue weighted by atomic mass is 16.5. The highest BCUT2D eigenvalue weighted by Crippen LogP contribution is 2.23. The molecule has 3 nitrogen and oxygen atoms in total. The Morgan fingerprint density at radius 1 is 0.800 bits per heavy atom. The minimum atomic E-state index is -0.301. The van der Waals surface area contributed by atoms with Crippen molar-refractivity contribution in [2.24, 2.45) is 4.99 Å². The van der Waals surface area contributed by atoms with Crippen LogP contribution >= 0.6 is 0 Å². The SMILES string of the molecule is CC(=O)OCc1ccccc1N=C(c1ccccc1)c1ccccc1. The van der Waals surface area contributed by atoms with Gasteiger partial charge in [0.1, 0.15) is 6.61 Å². The van der Waals surface area contributed by atoms with E-state index in [1.165, 1.54) is 6.92 Å². The summed E-state index contributed by atoms with van der Waals surface area (Å²) in [6, 6.07) is 27.9. The van der Waals surface area contributed by atoms with Gasteiger partial charge in [-0.25, -0.2) is 4.99 Å². The fourth-order valence-electron chi connectivity index (χ4n) is 2.53. The van der Waals surface area contributed by atoms with Crippen LogP contribution in [0.5, 0.6) is 0 Å². The molecule has 3 aromatic rings. The van der Waals surface area contributed by atoms with Crippen molar-refractivity contribution in [3.8, 4) is 0 Å². The van der Waals surface area contributed by atoms with Gasteiger partial charge < -0.3 is 4.74 Å². The molecule has 3 rings (SSSR count). The third kappa shape index (κ3) is 4.42. The molecule has 0 amide bonds. The van der Waals surface area contributed by atoms with E-state index < -0.39 is 0 Å². The van der Waals surface area contributed by atoms with Crippen molar-refractivity contribution in [2.75, 3.05) is 0 Å². The van der Waals surface area contributed by atoms with Gasteiger partial charge in [0.25, 0.3) is 0 Å². The zero-order chi connectivity index (χ0) is 17.5. The second kappa shape index (κ2) is 8.06. The summed E-state index contributed by atoms with van der Waals surface area (Å²) in [5, 5.41) is 0. The molecular weight excluding hydrogens is 310 g/mol. The van der Waals surface area contributed by atoms with Crippen molar-refractivity contribution in [3.63, 3.8) is 0 Å². The second-order valence-electron chi connectivity index (χ2n) is 5.60. The van der Waals surface area contributed by atoms with Crippen LogP contribution in [0.2, 0.25) is 0 Å². The molecule has 0 atom stereocenters. The Labute approximate surface area is 147 Å². The number of rotatable bonds is 5. The van der Waals surface area contributed by atoms with Crippen molar-refractivity contribution >= 4 is 17.4 Å². The molecule has 0 saturated carbocycles. The number of carbonyl (C=O) groups is 1. The molecule has 0 N–H and O–H groups in total. The Bertz CT molecular complexity index is 829. The minimum Gasteiger partial charge on any atom is -0.461 e. The molecule has 0 saturated heterocycles. The van der Waals surface area contributed by atoms with Crippen LogP contribution in [0.4, 0.5) is 5.69 Å². The van der Waals surface area contributed by atoms with Crippen LogP contribution in [0.1, 0.15) is 23.6 Å². The topological polar surface area (TPSA) is 38.7 Å². The summed E-state index contributed by atoms with van der Waals surface area (Å²) in [6.07, 6.45) is 0. The molecule has 3 heteroatoms. The van der Waals surface area contributed by atoms with Gasteiger partial charge in [0.15, 0.2) is 0 Å². The molecule has 0 aromatic heterocycles. The van der Waals surface area contributed by atoms with Crippen LogP contribution in [-0.4, -0.2) is 11.7 Å². The number of benzene rings is 3. The van der Waals surface area contributed by atoms with Crippen LogP contribution in [0.25, 0.3) is 0 Å². The molecule has 0 bridgehead atoms. The van der Waals surface area contributed by atoms with Gasteiger partial charge in [0, 0.05) is 23.6 Å². The first-order valence-electron chi connectivity index (χ1n) is 8.15. The number of hydrogen-bond donors (Lipinski definition) is 0. The Morgan fingerprint density at radius 2 is 1.32 bits per heavy atom. The average molecular weight is 329 g/mol. The van der Waals surface area contributed by atoms with Gasteiger partial charge in [-0.15, -0.1) is 0 Å². The molecular formula is C22H19NO2. The third-order valence-corrected chi connectivity index (χ3v) is 3.75. The average Bonchev–Trinajstić information content (AvgIpc) is 2.66. The standard InChI is InChI=1S/C22H19NO2/c1-17(24)25-16-20-14-8-9-15-21(20)23-22(18-10-4-2-5-11-18)19-12-6-3-7-13-19/h2-15H,16H2,1H3. The monoisotopic (exact) mass is 329 g/mol. The Morgan fingerprint density at radius 3 is 1.88 bits per heavy atom. The predicted octanol–water partition coefficient (Wildman–Crippen LogP) is 4.92. The van der Waals surface area contributed by atoms with Crippen LogP contribution in [-0.2, 0) is 16.1 Å². The smallest absolute Gasteiger partial charge is 0.302 e. The molecule has 0 aliphatic heterocycles. The number of carbonyl (C=O) groups excluding carboxylic acids is 1. The number of nitrogens with zero attached hydrogens (tertiary/aromatic N) is 1. The van der Waals surface area contributed by atoms with E-state index in [0.717, 1.165) is 28.1 Å². The van der Waals surface area contributed by atoms with Gasteiger partial charge >= 0.3 is 5.97 Å². The molecule has 0 radical (unpaired) electrons. The summed E-state index contributed by atoms with van der Waals surface area (Å²) in [5.74, 6) is -0.301. The maximum absolute atomic E-state index is 11.1. The number of esters is 1. The van der Waals surface area contributed by atoms with Crippen LogP contribution in [0.3, 0.4) is 0 Å². The van der Waals surface area contributed by atoms with E-state index in [9.17, 15) is 4.79 Å². The second-order valence-corrected chi connectivity index (χ2v) is 5.60. The molecule has 25 heavy (non-hydrogen) atoms. The fourth-order valence-corrected chi connectivity index (χ4v) is 2.53. The quantitative estimate of drug-likeness (QED) is 0.492. The Kier molecular flexibility index (Phi) is 5.37. The van der Waals surface area contributed by atoms with Crippen molar-refractivity contribution in [2.45, 2.75) is 13.5 Å². The predicted molar refractivity (Wildman–Crippen MR) is 100 cm³/mol. The van der Waals surface area contributed by atoms with Crippen molar-refractivity contribution in [3.05, 3.63) is 102 Å². The number of ether oxygens (including phenoxy) is 1. The van der Waals surface area contributed by atoms with E-state index in [4.69, 9.17) is 9.73 Å². The number of para-hydroxylation sites is 1. The lowest BCUT2D eigenvalue weighted by atomic mass is 10.0. The minimum absolute atomic E-state index is 0.214. The number of aliphatic imine (C=N–C) groups is 1. The van der Waals surface area contributed by atoms with E-state index in [1.807, 2.05) is 84.9 Å². The Balaban J connectivity index is 2.07. The van der Waals surface area contributed by atoms with Gasteiger partial charge in [-0.3, -0.25) is 4.79 Å². The van der Waals surface area contributed by atoms with Gasteiger partial charge in [-0.2, -0.15) is 0 Å². The first kappa shape index (κ1) is 16.7. The van der Waals surface area contributed by atoms with Crippen molar-refractivity contribution in [1.82, 2.24) is 0 Å². The summed E-state index contributed by atoms with van der Waals surface area (Å²) in [6.45, 7) is 1.62. The lowest BCUT2D eigenvalue weighted by Crippen LogP contribution is -2.04. The normalized spacial score (nSPS) is 10.1. The zero-order valence-electron chi connectivity index (χ0n) is 14.1. The van der Waals surface area contributed by atoms with Crippen molar-refractivity contribution in [1.29, 1.82) is 0 Å². The highest BCUT2D eigenvalue weighted by Gasteiger charge is 2.09. The lowest BCUT2D eigenvalue weighted by molar-refractivity contribution is -0.142. The molecule has 0 unspecified atom stereocenters. The summed E-state index contributed by atoms with van der Waals surface area (Å²) in [4.78, 5) is 16.0. The summed E-state index contributed by atoms with van der Waals surface area (Å²) < 4.78 is 5.15. The van der Waals surface area contributed by atoms with Gasteiger partial charge in [0.05, 0.1) is 11.4 Å². The van der Waals surface area contributed by atoms with Crippen LogP contribution in [0.15, 0.2) is 89.9 Å². The summed E-state index contributed by atoms with van der Waals surface area (Å²) in [5.41, 5.74) is 4.64. The highest BCUT2D eigenvalue weighted by molar-refractivity contribution is 6.14. The maximum Gasteiger partial charge on any atom is 0.302 e. The molecule has 0 heterocycles. The van der Waals surface area contributed by atoms with Gasteiger partial charge in [-0.05, 0) is 6.07 Å². The van der Waals surface area contributed by atoms with E-state index in [2.05, 4.69) is 0 Å². The molecule has 0 aliphatic rings. The maximum atomic E-state index is 11.1. The fraction of sp³-hybridized carbons (Fsp3) is 0.0909. The summed E-state index contributed by atoms with van der Waals surface area (Å²) in [7, 11) is 0. The van der Waals surface area contributed by atoms with E-state index in [-0.39, 0.29) is 12.6 Å². The van der Waals surface area contributed by atoms with E-state index >= 15 is 0 Å². The first-order chi connectivity index (χ1) is 12.2. The van der Waals surface area contributed by atoms with Gasteiger partial charge in [-0.1, -0.05) is 78.9 Å². The van der Waals surface area contributed by atoms with E-state index in [1.54, 1.807) is 0 Å². The van der Waals surface area contributed by atoms with Gasteiger partial charge in [0.2, 0.25) is 0 Å². The van der Waals surface area contributed by atoms with Crippen LogP contribution < -0.4 is 0 Å². The molecule has 0 spiro atoms. The lowest BCUT2D eigenvalue weighted by Gasteiger charge is -2.10. The van der Waals surface area contributed by atoms with E-state index in [0.29, 0.717) is 0 Å². The molecule has 3 aromatic carbocycles. The third-order valence-electron chi connectivity index (χ3n) is 3.75. The largest absolute Gasteiger partial charge is 0.461 e. The Hall–Kier alpha value is -3.20. The molecule has 0 fully saturated rings. The molecule has 124 valence electrons. The summed E-state index contributed by atoms with van der Waals surface area (Å²) >= 11 is 0. The number of hydrogen-bond acceptors (Lipinski definition) is 3. The first-order valence-corrected chi connectivity index (χ1v) is 8.15. The van der Waals surface area contributed by atoms with Crippen molar-refractivity contribution < 1.29 is 9.53 Å². The molecule has 0 aliphatic carbocycles.